The van der Waals surface area contributed by atoms with Crippen molar-refractivity contribution in [2.75, 3.05) is 38.1 Å². The van der Waals surface area contributed by atoms with Crippen molar-refractivity contribution < 1.29 is 9.90 Å². The number of rotatable bonds is 4. The summed E-state index contributed by atoms with van der Waals surface area (Å²) < 4.78 is 1.68. The Balaban J connectivity index is 1.82. The van der Waals surface area contributed by atoms with Crippen LogP contribution in [0.3, 0.4) is 0 Å². The van der Waals surface area contributed by atoms with E-state index in [1.807, 2.05) is 18.3 Å². The Bertz CT molecular complexity index is 944. The summed E-state index contributed by atoms with van der Waals surface area (Å²) in [5.41, 5.74) is 3.86. The molecule has 0 radical (unpaired) electrons. The average Bonchev–Trinajstić information content (AvgIpc) is 3.00. The molecule has 1 fully saturated rings. The molecule has 1 aliphatic rings. The Kier molecular flexibility index (Phi) is 4.30. The fourth-order valence-electron chi connectivity index (χ4n) is 3.53. The lowest BCUT2D eigenvalue weighted by Crippen LogP contribution is -2.44. The first-order valence-corrected chi connectivity index (χ1v) is 8.67. The first kappa shape index (κ1) is 16.5. The van der Waals surface area contributed by atoms with Crippen molar-refractivity contribution in [2.24, 2.45) is 0 Å². The lowest BCUT2D eigenvalue weighted by Gasteiger charge is -2.35. The first-order valence-electron chi connectivity index (χ1n) is 8.67. The summed E-state index contributed by atoms with van der Waals surface area (Å²) in [5.74, 6) is -0.889. The number of carboxylic acid groups (broad SMARTS) is 1. The van der Waals surface area contributed by atoms with E-state index in [4.69, 9.17) is 0 Å². The molecule has 26 heavy (non-hydrogen) atoms. The number of nitrogens with zero attached hydrogens (tertiary/aromatic N) is 5. The van der Waals surface area contributed by atoms with E-state index in [2.05, 4.69) is 38.9 Å². The maximum absolute atomic E-state index is 11.2. The van der Waals surface area contributed by atoms with Gasteiger partial charge in [0.15, 0.2) is 0 Å². The highest BCUT2D eigenvalue weighted by Gasteiger charge is 2.20. The number of fused-ring (bicyclic) bond motifs is 1. The summed E-state index contributed by atoms with van der Waals surface area (Å²) in [4.78, 5) is 24.4. The maximum Gasteiger partial charge on any atom is 0.323 e. The van der Waals surface area contributed by atoms with Crippen molar-refractivity contribution in [3.05, 3.63) is 43.0 Å². The second-order valence-corrected chi connectivity index (χ2v) is 6.63. The van der Waals surface area contributed by atoms with Gasteiger partial charge >= 0.3 is 5.97 Å². The number of hydrogen-bond acceptors (Lipinski definition) is 5. The number of benzene rings is 1. The number of likely N-dealkylation sites (N-methyl/N-ethyl adjacent to an activating group) is 1. The van der Waals surface area contributed by atoms with Crippen LogP contribution in [0.4, 0.5) is 5.69 Å². The smallest absolute Gasteiger partial charge is 0.323 e. The van der Waals surface area contributed by atoms with Crippen LogP contribution in [-0.2, 0) is 11.3 Å². The van der Waals surface area contributed by atoms with E-state index < -0.39 is 5.97 Å². The van der Waals surface area contributed by atoms with Gasteiger partial charge in [0.05, 0.1) is 0 Å². The van der Waals surface area contributed by atoms with E-state index in [9.17, 15) is 9.90 Å². The second-order valence-electron chi connectivity index (χ2n) is 6.63. The molecule has 1 saturated heterocycles. The van der Waals surface area contributed by atoms with Crippen LogP contribution in [0.1, 0.15) is 0 Å². The van der Waals surface area contributed by atoms with Gasteiger partial charge in [0.1, 0.15) is 18.5 Å². The number of anilines is 1. The molecule has 0 unspecified atom stereocenters. The third-order valence-electron chi connectivity index (χ3n) is 4.88. The van der Waals surface area contributed by atoms with Crippen LogP contribution in [0.5, 0.6) is 0 Å². The van der Waals surface area contributed by atoms with Gasteiger partial charge < -0.3 is 19.5 Å². The number of para-hydroxylation sites is 1. The lowest BCUT2D eigenvalue weighted by atomic mass is 10.0. The predicted octanol–water partition coefficient (Wildman–Crippen LogP) is 1.93. The molecule has 7 heteroatoms. The Morgan fingerprint density at radius 1 is 1.15 bits per heavy atom. The summed E-state index contributed by atoms with van der Waals surface area (Å²) in [7, 11) is 2.14. The van der Waals surface area contributed by atoms with Crippen LogP contribution >= 0.6 is 0 Å². The number of piperazine rings is 1. The zero-order chi connectivity index (χ0) is 18.1. The Labute approximate surface area is 151 Å². The number of aromatic nitrogens is 3. The minimum absolute atomic E-state index is 0.121. The maximum atomic E-state index is 11.2. The summed E-state index contributed by atoms with van der Waals surface area (Å²) in [5, 5.41) is 10.1. The Morgan fingerprint density at radius 2 is 1.92 bits per heavy atom. The Hall–Kier alpha value is -2.93. The molecule has 134 valence electrons. The van der Waals surface area contributed by atoms with E-state index in [0.29, 0.717) is 5.65 Å². The summed E-state index contributed by atoms with van der Waals surface area (Å²) in [6, 6.07) is 8.27. The van der Waals surface area contributed by atoms with Crippen molar-refractivity contribution in [1.82, 2.24) is 19.4 Å². The quantitative estimate of drug-likeness (QED) is 0.774. The van der Waals surface area contributed by atoms with E-state index in [-0.39, 0.29) is 6.54 Å². The van der Waals surface area contributed by atoms with Gasteiger partial charge in [-0.05, 0) is 13.1 Å². The van der Waals surface area contributed by atoms with Crippen LogP contribution in [0.15, 0.2) is 43.0 Å². The monoisotopic (exact) mass is 351 g/mol. The van der Waals surface area contributed by atoms with Gasteiger partial charge in [-0.25, -0.2) is 9.97 Å². The molecule has 3 heterocycles. The predicted molar refractivity (Wildman–Crippen MR) is 100 cm³/mol. The minimum atomic E-state index is -0.889. The number of carboxylic acids is 1. The molecular weight excluding hydrogens is 330 g/mol. The third kappa shape index (κ3) is 3.01. The van der Waals surface area contributed by atoms with Crippen LogP contribution < -0.4 is 4.90 Å². The Morgan fingerprint density at radius 3 is 2.69 bits per heavy atom. The zero-order valence-corrected chi connectivity index (χ0v) is 14.7. The number of aliphatic carboxylic acids is 1. The van der Waals surface area contributed by atoms with E-state index in [1.54, 1.807) is 10.8 Å². The van der Waals surface area contributed by atoms with Gasteiger partial charge in [-0.3, -0.25) is 4.79 Å². The fraction of sp³-hybridized carbons (Fsp3) is 0.316. The summed E-state index contributed by atoms with van der Waals surface area (Å²) in [6.45, 7) is 3.87. The molecule has 4 rings (SSSR count). The van der Waals surface area contributed by atoms with Crippen molar-refractivity contribution >= 4 is 22.7 Å². The van der Waals surface area contributed by atoms with Crippen molar-refractivity contribution in [1.29, 1.82) is 0 Å². The van der Waals surface area contributed by atoms with Crippen molar-refractivity contribution in [3.8, 4) is 11.1 Å². The molecule has 0 aliphatic carbocycles. The molecular formula is C19H21N5O2. The fourth-order valence-corrected chi connectivity index (χ4v) is 3.53. The lowest BCUT2D eigenvalue weighted by molar-refractivity contribution is -0.137. The first-order chi connectivity index (χ1) is 12.6. The molecule has 0 saturated carbocycles. The van der Waals surface area contributed by atoms with Gasteiger partial charge in [0.2, 0.25) is 0 Å². The third-order valence-corrected chi connectivity index (χ3v) is 4.88. The molecule has 3 aromatic rings. The van der Waals surface area contributed by atoms with Crippen LogP contribution in [0, 0.1) is 0 Å². The van der Waals surface area contributed by atoms with Gasteiger partial charge in [-0.2, -0.15) is 0 Å². The van der Waals surface area contributed by atoms with E-state index in [1.165, 1.54) is 12.0 Å². The highest BCUT2D eigenvalue weighted by Crippen LogP contribution is 2.36. The molecule has 7 nitrogen and oxygen atoms in total. The topological polar surface area (TPSA) is 74.5 Å². The number of carbonyl (C=O) groups is 1. The molecule has 1 aliphatic heterocycles. The van der Waals surface area contributed by atoms with Crippen molar-refractivity contribution in [3.63, 3.8) is 0 Å². The number of hydrogen-bond donors (Lipinski definition) is 1. The van der Waals surface area contributed by atoms with Crippen molar-refractivity contribution in [2.45, 2.75) is 6.54 Å². The highest BCUT2D eigenvalue weighted by molar-refractivity contribution is 5.97. The van der Waals surface area contributed by atoms with E-state index in [0.717, 1.165) is 42.7 Å². The summed E-state index contributed by atoms with van der Waals surface area (Å²) >= 11 is 0. The normalized spacial score (nSPS) is 15.5. The van der Waals surface area contributed by atoms with E-state index >= 15 is 0 Å². The molecule has 1 N–H and O–H groups in total. The molecule has 0 amide bonds. The largest absolute Gasteiger partial charge is 0.480 e. The molecule has 1 aromatic carbocycles. The summed E-state index contributed by atoms with van der Waals surface area (Å²) in [6.07, 6.45) is 5.09. The second kappa shape index (κ2) is 6.76. The molecule has 0 bridgehead atoms. The highest BCUT2D eigenvalue weighted by atomic mass is 16.4. The molecule has 0 spiro atoms. The minimum Gasteiger partial charge on any atom is -0.480 e. The van der Waals surface area contributed by atoms with Gasteiger partial charge in [-0.1, -0.05) is 18.2 Å². The zero-order valence-electron chi connectivity index (χ0n) is 14.7. The van der Waals surface area contributed by atoms with Gasteiger partial charge in [0.25, 0.3) is 0 Å². The average molecular weight is 351 g/mol. The molecule has 2 aromatic heterocycles. The van der Waals surface area contributed by atoms with Gasteiger partial charge in [0, 0.05) is 60.8 Å². The standard InChI is InChI=1S/C19H21N5O2/c1-22-6-8-23(9-7-22)17-5-3-2-4-14(17)16-11-24(12-18(25)26)19-15(16)10-20-13-21-19/h2-5,10-11,13H,6-9,12H2,1H3,(H,25,26). The van der Waals surface area contributed by atoms with Crippen LogP contribution in [0.25, 0.3) is 22.2 Å². The molecule has 0 atom stereocenters. The van der Waals surface area contributed by atoms with Crippen LogP contribution in [0.2, 0.25) is 0 Å². The SMILES string of the molecule is CN1CCN(c2ccccc2-c2cn(CC(=O)O)c3ncncc23)CC1. The van der Waals surface area contributed by atoms with Gasteiger partial charge in [-0.15, -0.1) is 0 Å². The van der Waals surface area contributed by atoms with Crippen LogP contribution in [-0.4, -0.2) is 63.7 Å².